The summed E-state index contributed by atoms with van der Waals surface area (Å²) >= 11 is 0. The fourth-order valence-corrected chi connectivity index (χ4v) is 2.58. The Morgan fingerprint density at radius 2 is 1.62 bits per heavy atom. The fourth-order valence-electron chi connectivity index (χ4n) is 2.58. The molecule has 2 rings (SSSR count). The summed E-state index contributed by atoms with van der Waals surface area (Å²) in [6.07, 6.45) is 0.277. The van der Waals surface area contributed by atoms with Crippen LogP contribution < -0.4 is 5.32 Å². The zero-order valence-electron chi connectivity index (χ0n) is 18.8. The molecule has 0 radical (unpaired) electrons. The summed E-state index contributed by atoms with van der Waals surface area (Å²) in [5.41, 5.74) is 1.65. The van der Waals surface area contributed by atoms with Gasteiger partial charge in [0.1, 0.15) is 19.8 Å². The topological polar surface area (TPSA) is 83.1 Å². The van der Waals surface area contributed by atoms with Gasteiger partial charge in [-0.15, -0.1) is 0 Å². The van der Waals surface area contributed by atoms with Crippen molar-refractivity contribution in [1.29, 1.82) is 0 Å². The number of carbonyl (C=O) groups excluding carboxylic acids is 2. The number of carbonyl (C=O) groups is 2. The fraction of sp³-hybridized carbons (Fsp3) is 0.360. The molecule has 1 atom stereocenters. The largest absolute Gasteiger partial charge is 0.508 e. The van der Waals surface area contributed by atoms with Crippen LogP contribution in [0.1, 0.15) is 31.9 Å². The smallest absolute Gasteiger partial charge is 0.448 e. The number of rotatable bonds is 11. The van der Waals surface area contributed by atoms with E-state index in [4.69, 9.17) is 18.9 Å². The molecule has 7 heteroatoms. The number of benzene rings is 2. The van der Waals surface area contributed by atoms with Crippen molar-refractivity contribution >= 4 is 24.0 Å². The number of amides is 1. The Morgan fingerprint density at radius 3 is 2.25 bits per heavy atom. The lowest BCUT2D eigenvalue weighted by atomic mass is 9.94. The zero-order valence-corrected chi connectivity index (χ0v) is 18.8. The minimum Gasteiger partial charge on any atom is -0.448 e. The third kappa shape index (κ3) is 9.22. The van der Waals surface area contributed by atoms with E-state index < -0.39 is 17.7 Å². The third-order valence-corrected chi connectivity index (χ3v) is 4.45. The summed E-state index contributed by atoms with van der Waals surface area (Å²) in [5, 5.41) is 2.67. The van der Waals surface area contributed by atoms with Crippen LogP contribution in [0, 0.1) is 5.41 Å². The molecule has 0 aromatic heterocycles. The van der Waals surface area contributed by atoms with Crippen molar-refractivity contribution in [3.63, 3.8) is 0 Å². The maximum Gasteiger partial charge on any atom is 0.508 e. The van der Waals surface area contributed by atoms with Gasteiger partial charge in [0, 0.05) is 5.69 Å². The highest BCUT2D eigenvalue weighted by molar-refractivity contribution is 5.84. The molecule has 1 unspecified atom stereocenters. The van der Waals surface area contributed by atoms with Crippen molar-refractivity contribution in [1.82, 2.24) is 0 Å². The van der Waals surface area contributed by atoms with Gasteiger partial charge in [0.25, 0.3) is 0 Å². The first-order valence-electron chi connectivity index (χ1n) is 10.4. The van der Waals surface area contributed by atoms with Gasteiger partial charge in [-0.2, -0.15) is 0 Å². The zero-order chi connectivity index (χ0) is 23.4. The molecular weight excluding hydrogens is 410 g/mol. The Morgan fingerprint density at radius 1 is 0.969 bits per heavy atom. The van der Waals surface area contributed by atoms with Crippen molar-refractivity contribution in [2.45, 2.75) is 33.5 Å². The van der Waals surface area contributed by atoms with Gasteiger partial charge in [-0.25, -0.2) is 9.59 Å². The summed E-state index contributed by atoms with van der Waals surface area (Å²) in [7, 11) is 0. The minimum absolute atomic E-state index is 0.0116. The maximum atomic E-state index is 12.2. The van der Waals surface area contributed by atoms with E-state index in [-0.39, 0.29) is 32.5 Å². The molecule has 0 saturated heterocycles. The second-order valence-electron chi connectivity index (χ2n) is 8.01. The molecule has 0 aliphatic heterocycles. The predicted molar refractivity (Wildman–Crippen MR) is 123 cm³/mol. The molecule has 0 bridgehead atoms. The van der Waals surface area contributed by atoms with E-state index in [1.165, 1.54) is 0 Å². The lowest BCUT2D eigenvalue weighted by Crippen LogP contribution is -2.37. The first kappa shape index (κ1) is 24.9. The Balaban J connectivity index is 1.86. The van der Waals surface area contributed by atoms with Crippen LogP contribution in [0.15, 0.2) is 61.2 Å². The van der Waals surface area contributed by atoms with Crippen molar-refractivity contribution in [2.75, 3.05) is 25.1 Å². The van der Waals surface area contributed by atoms with Crippen LogP contribution in [-0.4, -0.2) is 38.2 Å². The summed E-state index contributed by atoms with van der Waals surface area (Å²) in [5.74, 6) is 0. The third-order valence-electron chi connectivity index (χ3n) is 4.45. The van der Waals surface area contributed by atoms with E-state index in [2.05, 4.69) is 11.9 Å². The first-order valence-corrected chi connectivity index (χ1v) is 10.4. The molecule has 0 spiro atoms. The number of hydrogen-bond acceptors (Lipinski definition) is 6. The normalized spacial score (nSPS) is 12.5. The number of nitrogens with one attached hydrogen (secondary N) is 1. The SMILES string of the molecule is C=Cc1ccc(NC(=O)OCC(C)(COC(=O)OCc2ccccc2)COC(C)C)cc1. The Hall–Kier alpha value is -3.32. The lowest BCUT2D eigenvalue weighted by molar-refractivity contribution is -0.0535. The van der Waals surface area contributed by atoms with Crippen molar-refractivity contribution in [2.24, 2.45) is 5.41 Å². The number of ether oxygens (including phenoxy) is 4. The monoisotopic (exact) mass is 441 g/mol. The standard InChI is InChI=1S/C25H31NO6/c1-5-20-11-13-22(14-12-20)26-23(27)31-17-25(4,16-30-19(2)3)18-32-24(28)29-15-21-9-7-6-8-10-21/h5-14,19H,1,15-18H2,2-4H3,(H,26,27). The van der Waals surface area contributed by atoms with Gasteiger partial charge < -0.3 is 18.9 Å². The molecule has 2 aromatic carbocycles. The first-order chi connectivity index (χ1) is 15.3. The molecule has 0 aliphatic rings. The molecule has 1 amide bonds. The van der Waals surface area contributed by atoms with Crippen LogP contribution in [0.2, 0.25) is 0 Å². The molecule has 2 aromatic rings. The highest BCUT2D eigenvalue weighted by Gasteiger charge is 2.30. The van der Waals surface area contributed by atoms with E-state index in [9.17, 15) is 9.59 Å². The Bertz CT molecular complexity index is 866. The van der Waals surface area contributed by atoms with Gasteiger partial charge in [-0.05, 0) is 37.1 Å². The van der Waals surface area contributed by atoms with Crippen LogP contribution in [0.4, 0.5) is 15.3 Å². The van der Waals surface area contributed by atoms with Crippen molar-refractivity contribution < 1.29 is 28.5 Å². The quantitative estimate of drug-likeness (QED) is 0.453. The molecule has 172 valence electrons. The molecule has 32 heavy (non-hydrogen) atoms. The number of hydrogen-bond donors (Lipinski definition) is 1. The van der Waals surface area contributed by atoms with E-state index in [1.54, 1.807) is 18.2 Å². The van der Waals surface area contributed by atoms with Crippen LogP contribution in [0.25, 0.3) is 6.08 Å². The molecular formula is C25H31NO6. The van der Waals surface area contributed by atoms with Gasteiger partial charge in [0.2, 0.25) is 0 Å². The predicted octanol–water partition coefficient (Wildman–Crippen LogP) is 5.66. The second-order valence-corrected chi connectivity index (χ2v) is 8.01. The average Bonchev–Trinajstić information content (AvgIpc) is 2.80. The summed E-state index contributed by atoms with van der Waals surface area (Å²) in [4.78, 5) is 24.2. The van der Waals surface area contributed by atoms with E-state index in [0.29, 0.717) is 5.69 Å². The number of anilines is 1. The van der Waals surface area contributed by atoms with E-state index in [1.807, 2.05) is 63.2 Å². The lowest BCUT2D eigenvalue weighted by Gasteiger charge is -2.29. The van der Waals surface area contributed by atoms with Crippen molar-refractivity contribution in [3.8, 4) is 0 Å². The molecule has 0 saturated carbocycles. The molecule has 0 fully saturated rings. The maximum absolute atomic E-state index is 12.2. The average molecular weight is 442 g/mol. The molecule has 1 N–H and O–H groups in total. The highest BCUT2D eigenvalue weighted by Crippen LogP contribution is 2.20. The van der Waals surface area contributed by atoms with E-state index in [0.717, 1.165) is 11.1 Å². The van der Waals surface area contributed by atoms with E-state index >= 15 is 0 Å². The summed E-state index contributed by atoms with van der Waals surface area (Å²) in [6.45, 7) is 9.61. The summed E-state index contributed by atoms with van der Waals surface area (Å²) in [6, 6.07) is 16.5. The van der Waals surface area contributed by atoms with Crippen molar-refractivity contribution in [3.05, 3.63) is 72.3 Å². The van der Waals surface area contributed by atoms with Crippen LogP contribution in [0.5, 0.6) is 0 Å². The van der Waals surface area contributed by atoms with Crippen LogP contribution in [-0.2, 0) is 25.6 Å². The minimum atomic E-state index is -0.795. The van der Waals surface area contributed by atoms with Gasteiger partial charge in [0.05, 0.1) is 18.1 Å². The second kappa shape index (κ2) is 12.5. The summed E-state index contributed by atoms with van der Waals surface area (Å²) < 4.78 is 21.5. The van der Waals surface area contributed by atoms with Gasteiger partial charge in [-0.1, -0.05) is 62.0 Å². The van der Waals surface area contributed by atoms with Crippen LogP contribution in [0.3, 0.4) is 0 Å². The van der Waals surface area contributed by atoms with Crippen LogP contribution >= 0.6 is 0 Å². The highest BCUT2D eigenvalue weighted by atomic mass is 16.7. The van der Waals surface area contributed by atoms with Gasteiger partial charge in [0.15, 0.2) is 0 Å². The van der Waals surface area contributed by atoms with Gasteiger partial charge in [-0.3, -0.25) is 5.32 Å². The van der Waals surface area contributed by atoms with Gasteiger partial charge >= 0.3 is 12.2 Å². The molecule has 0 heterocycles. The molecule has 7 nitrogen and oxygen atoms in total. The molecule has 0 aliphatic carbocycles. The Kier molecular flexibility index (Phi) is 9.76. The Labute approximate surface area is 189 Å².